The Kier molecular flexibility index (Phi) is 12.8. The van der Waals surface area contributed by atoms with Crippen molar-refractivity contribution in [3.05, 3.63) is 134 Å². The van der Waals surface area contributed by atoms with E-state index in [4.69, 9.17) is 48.6 Å². The van der Waals surface area contributed by atoms with Crippen LogP contribution in [-0.4, -0.2) is 67.6 Å². The molecule has 2 fully saturated rings. The summed E-state index contributed by atoms with van der Waals surface area (Å²) in [6.07, 6.45) is 6.10. The lowest BCUT2D eigenvalue weighted by Crippen LogP contribution is -2.44. The minimum absolute atomic E-state index is 0.138. The van der Waals surface area contributed by atoms with Crippen molar-refractivity contribution >= 4 is 51.9 Å². The van der Waals surface area contributed by atoms with E-state index in [-0.39, 0.29) is 19.1 Å². The Labute approximate surface area is 369 Å². The predicted molar refractivity (Wildman–Crippen MR) is 237 cm³/mol. The van der Waals surface area contributed by atoms with Gasteiger partial charge in [-0.1, -0.05) is 60.0 Å². The van der Waals surface area contributed by atoms with Crippen LogP contribution >= 0.6 is 23.2 Å². The molecule has 0 aliphatic carbocycles. The van der Waals surface area contributed by atoms with Crippen molar-refractivity contribution in [2.75, 3.05) is 19.6 Å². The van der Waals surface area contributed by atoms with Gasteiger partial charge in [-0.25, -0.2) is 9.83 Å². The van der Waals surface area contributed by atoms with Crippen LogP contribution in [-0.2, 0) is 35.9 Å². The molecule has 4 aromatic carbocycles. The number of aliphatic carboxylic acids is 2. The SMILES string of the molecule is [C-]#[N+]c1cncc(COc2cc(OCc3cccc(-c4cccc(-c5nc6cc(CN7CC[C@@H](C(=O)O)C7)cc(Cl)c6o5)c4C)c3C)c(Cl)cc2CN2CCCC[C@H]2C(=O)O)c1. The molecule has 318 valence electrons. The molecule has 2 aliphatic rings. The van der Waals surface area contributed by atoms with Gasteiger partial charge in [-0.05, 0) is 115 Å². The van der Waals surface area contributed by atoms with Gasteiger partial charge in [0.2, 0.25) is 11.6 Å². The molecule has 14 heteroatoms. The first-order chi connectivity index (χ1) is 29.9. The first-order valence-electron chi connectivity index (χ1n) is 20.5. The molecule has 0 unspecified atom stereocenters. The van der Waals surface area contributed by atoms with Gasteiger partial charge in [-0.3, -0.25) is 24.4 Å². The molecule has 0 saturated carbocycles. The highest BCUT2D eigenvalue weighted by Crippen LogP contribution is 2.39. The van der Waals surface area contributed by atoms with Crippen molar-refractivity contribution in [3.63, 3.8) is 0 Å². The van der Waals surface area contributed by atoms with Crippen LogP contribution in [0.15, 0.2) is 83.5 Å². The molecule has 0 spiro atoms. The molecule has 8 rings (SSSR count). The molecule has 2 saturated heterocycles. The lowest BCUT2D eigenvalue weighted by Gasteiger charge is -2.33. The monoisotopic (exact) mass is 873 g/mol. The van der Waals surface area contributed by atoms with Crippen molar-refractivity contribution in [1.82, 2.24) is 19.8 Å². The minimum Gasteiger partial charge on any atom is -0.488 e. The number of oxazole rings is 1. The first kappa shape index (κ1) is 42.7. The fourth-order valence-electron chi connectivity index (χ4n) is 8.53. The average molecular weight is 875 g/mol. The van der Waals surface area contributed by atoms with Crippen LogP contribution in [0.2, 0.25) is 10.0 Å². The summed E-state index contributed by atoms with van der Waals surface area (Å²) in [7, 11) is 0. The lowest BCUT2D eigenvalue weighted by molar-refractivity contribution is -0.145. The maximum absolute atomic E-state index is 12.1. The molecule has 0 amide bonds. The van der Waals surface area contributed by atoms with E-state index in [1.807, 2.05) is 48.2 Å². The van der Waals surface area contributed by atoms with Crippen LogP contribution in [0.1, 0.15) is 59.1 Å². The topological polar surface area (TPSA) is 143 Å². The maximum atomic E-state index is 12.1. The van der Waals surface area contributed by atoms with E-state index in [0.717, 1.165) is 62.9 Å². The van der Waals surface area contributed by atoms with Gasteiger partial charge in [0.1, 0.15) is 36.3 Å². The Hall–Kier alpha value is -5.97. The number of benzene rings is 4. The van der Waals surface area contributed by atoms with Crippen molar-refractivity contribution in [2.45, 2.75) is 71.9 Å². The number of carbonyl (C=O) groups is 2. The summed E-state index contributed by atoms with van der Waals surface area (Å²) in [6, 6.07) is 20.6. The summed E-state index contributed by atoms with van der Waals surface area (Å²) in [5, 5.41) is 20.2. The molecule has 12 nitrogen and oxygen atoms in total. The summed E-state index contributed by atoms with van der Waals surface area (Å²) in [6.45, 7) is 14.6. The van der Waals surface area contributed by atoms with E-state index >= 15 is 0 Å². The number of hydrogen-bond donors (Lipinski definition) is 2. The van der Waals surface area contributed by atoms with E-state index in [1.54, 1.807) is 24.4 Å². The van der Waals surface area contributed by atoms with Crippen LogP contribution in [0.5, 0.6) is 11.5 Å². The first-order valence-corrected chi connectivity index (χ1v) is 21.3. The summed E-state index contributed by atoms with van der Waals surface area (Å²) in [4.78, 5) is 40.2. The van der Waals surface area contributed by atoms with E-state index < -0.39 is 18.0 Å². The summed E-state index contributed by atoms with van der Waals surface area (Å²) < 4.78 is 19.1. The molecule has 6 aromatic rings. The number of likely N-dealkylation sites (tertiary alicyclic amines) is 2. The Balaban J connectivity index is 1.03. The number of halogens is 2. The number of aromatic nitrogens is 2. The van der Waals surface area contributed by atoms with Gasteiger partial charge in [-0.15, -0.1) is 0 Å². The van der Waals surface area contributed by atoms with Crippen LogP contribution in [0.25, 0.3) is 38.5 Å². The summed E-state index contributed by atoms with van der Waals surface area (Å²) >= 11 is 13.6. The van der Waals surface area contributed by atoms with E-state index in [9.17, 15) is 19.8 Å². The number of hydrogen-bond acceptors (Lipinski definition) is 9. The lowest BCUT2D eigenvalue weighted by atomic mass is 9.91. The fraction of sp³-hybridized carbons (Fsp3) is 0.312. The number of fused-ring (bicyclic) bond motifs is 1. The van der Waals surface area contributed by atoms with Crippen LogP contribution in [0.3, 0.4) is 0 Å². The second-order valence-electron chi connectivity index (χ2n) is 16.0. The van der Waals surface area contributed by atoms with Gasteiger partial charge in [0, 0.05) is 49.2 Å². The number of ether oxygens (including phenoxy) is 2. The number of carboxylic acid groups (broad SMARTS) is 2. The smallest absolute Gasteiger partial charge is 0.320 e. The quantitative estimate of drug-likeness (QED) is 0.101. The maximum Gasteiger partial charge on any atom is 0.320 e. The molecular weight excluding hydrogens is 829 g/mol. The fourth-order valence-corrected chi connectivity index (χ4v) is 9.05. The van der Waals surface area contributed by atoms with Gasteiger partial charge in [0.25, 0.3) is 0 Å². The van der Waals surface area contributed by atoms with Gasteiger partial charge < -0.3 is 24.1 Å². The highest BCUT2D eigenvalue weighted by Gasteiger charge is 2.30. The third kappa shape index (κ3) is 9.27. The highest BCUT2D eigenvalue weighted by atomic mass is 35.5. The zero-order valence-electron chi connectivity index (χ0n) is 34.4. The summed E-state index contributed by atoms with van der Waals surface area (Å²) in [5.41, 5.74) is 9.73. The third-order valence-electron chi connectivity index (χ3n) is 11.9. The standard InChI is InChI=1S/C48H45Cl2N5O7/c1-28-33(27-61-44-20-43(60-26-31-16-35(51-3)22-52-21-31)34(19-39(44)49)25-55-14-5-4-12-42(55)48(58)59)8-6-9-36(28)37-10-7-11-38(29(37)2)46-53-41-18-30(17-40(50)45(41)62-46)23-54-15-13-32(24-54)47(56)57/h6-11,16-22,32,42H,4-5,12-15,23-27H2,1-2H3,(H,56,57)(H,58,59)/t32-,42+/m1/s1. The van der Waals surface area contributed by atoms with Gasteiger partial charge in [-0.2, -0.15) is 0 Å². The van der Waals surface area contributed by atoms with Crippen molar-refractivity contribution in [1.29, 1.82) is 0 Å². The van der Waals surface area contributed by atoms with Gasteiger partial charge in [0.05, 0.1) is 22.5 Å². The molecule has 4 heterocycles. The Morgan fingerprint density at radius 2 is 1.60 bits per heavy atom. The molecular formula is C48H45Cl2N5O7. The molecule has 2 aromatic heterocycles. The number of piperidine rings is 1. The number of rotatable bonds is 14. The predicted octanol–water partition coefficient (Wildman–Crippen LogP) is 10.5. The zero-order chi connectivity index (χ0) is 43.5. The van der Waals surface area contributed by atoms with Crippen LogP contribution in [0.4, 0.5) is 5.69 Å². The summed E-state index contributed by atoms with van der Waals surface area (Å²) in [5.74, 6) is -0.601. The molecule has 2 aliphatic heterocycles. The molecule has 0 radical (unpaired) electrons. The van der Waals surface area contributed by atoms with Crippen LogP contribution in [0, 0.1) is 26.3 Å². The normalized spacial score (nSPS) is 17.0. The van der Waals surface area contributed by atoms with Crippen LogP contribution < -0.4 is 9.47 Å². The molecule has 2 atom stereocenters. The number of nitrogens with zero attached hydrogens (tertiary/aromatic N) is 5. The van der Waals surface area contributed by atoms with E-state index in [0.29, 0.717) is 89.8 Å². The molecule has 2 N–H and O–H groups in total. The largest absolute Gasteiger partial charge is 0.488 e. The van der Waals surface area contributed by atoms with E-state index in [2.05, 4.69) is 33.8 Å². The molecule has 62 heavy (non-hydrogen) atoms. The second-order valence-corrected chi connectivity index (χ2v) is 16.8. The second kappa shape index (κ2) is 18.6. The van der Waals surface area contributed by atoms with Crippen molar-refractivity contribution < 1.29 is 33.7 Å². The van der Waals surface area contributed by atoms with Gasteiger partial charge in [0.15, 0.2) is 5.58 Å². The van der Waals surface area contributed by atoms with Crippen molar-refractivity contribution in [2.24, 2.45) is 5.92 Å². The molecule has 0 bridgehead atoms. The Morgan fingerprint density at radius 3 is 2.37 bits per heavy atom. The average Bonchev–Trinajstić information content (AvgIpc) is 3.92. The zero-order valence-corrected chi connectivity index (χ0v) is 35.9. The van der Waals surface area contributed by atoms with Gasteiger partial charge >= 0.3 is 11.9 Å². The third-order valence-corrected chi connectivity index (χ3v) is 12.5. The van der Waals surface area contributed by atoms with E-state index in [1.165, 1.54) is 6.20 Å². The van der Waals surface area contributed by atoms with Crippen molar-refractivity contribution in [3.8, 4) is 34.1 Å². The minimum atomic E-state index is -0.849. The Bertz CT molecular complexity index is 2710. The number of pyridine rings is 1. The number of carboxylic acids is 2. The highest BCUT2D eigenvalue weighted by molar-refractivity contribution is 6.34. The Morgan fingerprint density at radius 1 is 0.823 bits per heavy atom.